The molecule has 0 bridgehead atoms. The summed E-state index contributed by atoms with van der Waals surface area (Å²) in [6.45, 7) is 5.51. The van der Waals surface area contributed by atoms with Crippen LogP contribution in [0, 0.1) is 10.1 Å². The van der Waals surface area contributed by atoms with Crippen molar-refractivity contribution in [3.63, 3.8) is 0 Å². The molecule has 132 valence electrons. The fourth-order valence-corrected chi connectivity index (χ4v) is 2.87. The zero-order chi connectivity index (χ0) is 18.4. The molecule has 1 aliphatic heterocycles. The minimum atomic E-state index is -0.785. The molecule has 8 nitrogen and oxygen atoms in total. The standard InChI is InChI=1S/C16H18N4O4S/c1-3-8-25-16-18-13(10-6-5-7-11(9-10)20(22)23)12(14(17)19-16)15(21)24-4-2/h3,5-7,9,13H,1,4,8,17H2,2H3,(H,18,19). The van der Waals surface area contributed by atoms with Gasteiger partial charge in [-0.1, -0.05) is 30.0 Å². The molecule has 25 heavy (non-hydrogen) atoms. The Kier molecular flexibility index (Phi) is 6.18. The van der Waals surface area contributed by atoms with Gasteiger partial charge in [0.2, 0.25) is 0 Å². The first-order chi connectivity index (χ1) is 12.0. The molecule has 1 unspecified atom stereocenters. The molecule has 9 heteroatoms. The van der Waals surface area contributed by atoms with Crippen LogP contribution in [0.2, 0.25) is 0 Å². The Morgan fingerprint density at radius 1 is 1.60 bits per heavy atom. The third kappa shape index (κ3) is 4.38. The van der Waals surface area contributed by atoms with Crippen molar-refractivity contribution in [2.75, 3.05) is 12.4 Å². The second kappa shape index (κ2) is 8.34. The first kappa shape index (κ1) is 18.5. The molecule has 0 saturated heterocycles. The highest BCUT2D eigenvalue weighted by atomic mass is 32.2. The molecule has 1 aliphatic rings. The predicted molar refractivity (Wildman–Crippen MR) is 96.9 cm³/mol. The van der Waals surface area contributed by atoms with Crippen LogP contribution in [0.25, 0.3) is 0 Å². The van der Waals surface area contributed by atoms with Crippen LogP contribution >= 0.6 is 11.8 Å². The van der Waals surface area contributed by atoms with E-state index in [1.165, 1.54) is 23.9 Å². The van der Waals surface area contributed by atoms with E-state index >= 15 is 0 Å². The summed E-state index contributed by atoms with van der Waals surface area (Å²) < 4.78 is 5.05. The quantitative estimate of drug-likeness (QED) is 0.345. The Hall–Kier alpha value is -2.81. The average molecular weight is 362 g/mol. The largest absolute Gasteiger partial charge is 0.462 e. The van der Waals surface area contributed by atoms with Gasteiger partial charge >= 0.3 is 5.97 Å². The monoisotopic (exact) mass is 362 g/mol. The lowest BCUT2D eigenvalue weighted by molar-refractivity contribution is -0.384. The number of rotatable bonds is 6. The number of nitrogens with zero attached hydrogens (tertiary/aromatic N) is 2. The Morgan fingerprint density at radius 3 is 3.00 bits per heavy atom. The van der Waals surface area contributed by atoms with Crippen LogP contribution < -0.4 is 11.1 Å². The molecular weight excluding hydrogens is 344 g/mol. The Balaban J connectivity index is 2.48. The first-order valence-corrected chi connectivity index (χ1v) is 8.46. The van der Waals surface area contributed by atoms with Gasteiger partial charge in [-0.25, -0.2) is 9.79 Å². The lowest BCUT2D eigenvalue weighted by Gasteiger charge is -2.25. The molecule has 3 N–H and O–H groups in total. The van der Waals surface area contributed by atoms with E-state index in [9.17, 15) is 14.9 Å². The van der Waals surface area contributed by atoms with Gasteiger partial charge in [0.15, 0.2) is 5.17 Å². The van der Waals surface area contributed by atoms with Gasteiger partial charge in [0, 0.05) is 17.9 Å². The number of hydrogen-bond acceptors (Lipinski definition) is 8. The Labute approximate surface area is 149 Å². The number of nitrogens with two attached hydrogens (primary N) is 1. The van der Waals surface area contributed by atoms with Crippen molar-refractivity contribution in [1.29, 1.82) is 0 Å². The molecule has 0 saturated carbocycles. The summed E-state index contributed by atoms with van der Waals surface area (Å²) in [7, 11) is 0. The summed E-state index contributed by atoms with van der Waals surface area (Å²) in [5.74, 6) is 0.104. The van der Waals surface area contributed by atoms with Gasteiger partial charge in [-0.15, -0.1) is 6.58 Å². The number of ether oxygens (including phenoxy) is 1. The van der Waals surface area contributed by atoms with Gasteiger partial charge in [0.05, 0.1) is 11.5 Å². The van der Waals surface area contributed by atoms with Crippen LogP contribution in [-0.2, 0) is 9.53 Å². The van der Waals surface area contributed by atoms with E-state index in [2.05, 4.69) is 16.9 Å². The van der Waals surface area contributed by atoms with Crippen LogP contribution in [-0.4, -0.2) is 28.4 Å². The molecule has 1 aromatic rings. The van der Waals surface area contributed by atoms with Gasteiger partial charge < -0.3 is 15.8 Å². The third-order valence-corrected chi connectivity index (χ3v) is 4.16. The zero-order valence-corrected chi connectivity index (χ0v) is 14.4. The smallest absolute Gasteiger partial charge is 0.340 e. The van der Waals surface area contributed by atoms with Crippen molar-refractivity contribution in [2.45, 2.75) is 13.0 Å². The molecule has 0 spiro atoms. The molecular formula is C16H18N4O4S. The van der Waals surface area contributed by atoms with Gasteiger partial charge in [-0.05, 0) is 12.5 Å². The fourth-order valence-electron chi connectivity index (χ4n) is 2.24. The molecule has 0 amide bonds. The molecule has 0 aromatic heterocycles. The first-order valence-electron chi connectivity index (χ1n) is 7.47. The number of non-ortho nitro benzene ring substituents is 1. The number of carbonyl (C=O) groups is 1. The van der Waals surface area contributed by atoms with E-state index in [0.29, 0.717) is 16.5 Å². The van der Waals surface area contributed by atoms with Gasteiger partial charge in [0.1, 0.15) is 17.4 Å². The highest BCUT2D eigenvalue weighted by Gasteiger charge is 2.31. The topological polar surface area (TPSA) is 120 Å². The lowest BCUT2D eigenvalue weighted by atomic mass is 9.97. The van der Waals surface area contributed by atoms with Crippen LogP contribution in [0.1, 0.15) is 18.5 Å². The van der Waals surface area contributed by atoms with Crippen LogP contribution in [0.15, 0.2) is 53.3 Å². The number of hydrogen-bond donors (Lipinski definition) is 2. The summed E-state index contributed by atoms with van der Waals surface area (Å²) in [6, 6.07) is 5.17. The van der Waals surface area contributed by atoms with Crippen LogP contribution in [0.3, 0.4) is 0 Å². The minimum Gasteiger partial charge on any atom is -0.462 e. The van der Waals surface area contributed by atoms with Crippen molar-refractivity contribution in [2.24, 2.45) is 10.7 Å². The van der Waals surface area contributed by atoms with E-state index < -0.39 is 16.9 Å². The number of benzene rings is 1. The highest BCUT2D eigenvalue weighted by molar-refractivity contribution is 8.13. The van der Waals surface area contributed by atoms with E-state index in [1.54, 1.807) is 25.1 Å². The number of carbonyl (C=O) groups excluding carboxylic acids is 1. The van der Waals surface area contributed by atoms with Gasteiger partial charge in [0.25, 0.3) is 5.69 Å². The fraction of sp³-hybridized carbons (Fsp3) is 0.250. The molecule has 1 aromatic carbocycles. The molecule has 1 atom stereocenters. The zero-order valence-electron chi connectivity index (χ0n) is 13.6. The Morgan fingerprint density at radius 2 is 2.36 bits per heavy atom. The maximum Gasteiger partial charge on any atom is 0.340 e. The van der Waals surface area contributed by atoms with Crippen LogP contribution in [0.4, 0.5) is 5.69 Å². The highest BCUT2D eigenvalue weighted by Crippen LogP contribution is 2.33. The normalized spacial score (nSPS) is 16.7. The molecule has 1 heterocycles. The van der Waals surface area contributed by atoms with E-state index in [-0.39, 0.29) is 23.7 Å². The number of nitro groups is 1. The molecule has 0 radical (unpaired) electrons. The number of aliphatic imine (C=N–C) groups is 1. The molecule has 0 fully saturated rings. The van der Waals surface area contributed by atoms with Crippen LogP contribution in [0.5, 0.6) is 0 Å². The van der Waals surface area contributed by atoms with E-state index in [0.717, 1.165) is 0 Å². The van der Waals surface area contributed by atoms with Crippen molar-refractivity contribution in [1.82, 2.24) is 5.32 Å². The summed E-state index contributed by atoms with van der Waals surface area (Å²) in [6.07, 6.45) is 1.71. The van der Waals surface area contributed by atoms with Crippen molar-refractivity contribution < 1.29 is 14.5 Å². The molecule has 0 aliphatic carbocycles. The second-order valence-corrected chi connectivity index (χ2v) is 5.97. The Bertz CT molecular complexity index is 760. The van der Waals surface area contributed by atoms with E-state index in [4.69, 9.17) is 10.5 Å². The summed E-state index contributed by atoms with van der Waals surface area (Å²) in [5.41, 5.74) is 6.54. The third-order valence-electron chi connectivity index (χ3n) is 3.28. The minimum absolute atomic E-state index is 0.0895. The lowest BCUT2D eigenvalue weighted by Crippen LogP contribution is -2.35. The van der Waals surface area contributed by atoms with E-state index in [1.807, 2.05) is 0 Å². The number of amidine groups is 1. The number of nitrogens with one attached hydrogen (secondary N) is 1. The maximum absolute atomic E-state index is 12.3. The number of nitro benzene ring substituents is 1. The SMILES string of the molecule is C=CCSC1=NC(c2cccc([N+](=O)[O-])c2)C(C(=O)OCC)=C(N)N1. The summed E-state index contributed by atoms with van der Waals surface area (Å²) >= 11 is 1.36. The van der Waals surface area contributed by atoms with Gasteiger partial charge in [-0.2, -0.15) is 0 Å². The predicted octanol–water partition coefficient (Wildman–Crippen LogP) is 2.25. The second-order valence-electron chi connectivity index (χ2n) is 4.96. The summed E-state index contributed by atoms with van der Waals surface area (Å²) in [4.78, 5) is 27.3. The van der Waals surface area contributed by atoms with Gasteiger partial charge in [-0.3, -0.25) is 10.1 Å². The molecule has 2 rings (SSSR count). The number of thioether (sulfide) groups is 1. The van der Waals surface area contributed by atoms with Crippen molar-refractivity contribution >= 4 is 28.6 Å². The summed E-state index contributed by atoms with van der Waals surface area (Å²) in [5, 5.41) is 14.4. The maximum atomic E-state index is 12.3. The van der Waals surface area contributed by atoms with Crippen molar-refractivity contribution in [3.8, 4) is 0 Å². The average Bonchev–Trinajstić information content (AvgIpc) is 2.59. The van der Waals surface area contributed by atoms with Crippen molar-refractivity contribution in [3.05, 3.63) is 64.0 Å². The number of esters is 1.